The van der Waals surface area contributed by atoms with Crippen LogP contribution in [-0.4, -0.2) is 15.9 Å². The Morgan fingerprint density at radius 3 is 2.86 bits per heavy atom. The SMILES string of the molecule is CC(C)C(NC(=O)[C@H]1C[C@@H]1c1nc2ccccc2[nH]1)c1cc2ccc(F)cc2o1. The average molecular weight is 391 g/mol. The summed E-state index contributed by atoms with van der Waals surface area (Å²) in [5.74, 6) is 1.32. The Labute approximate surface area is 167 Å². The van der Waals surface area contributed by atoms with Crippen LogP contribution in [0.15, 0.2) is 52.9 Å². The summed E-state index contributed by atoms with van der Waals surface area (Å²) in [4.78, 5) is 20.9. The molecule has 1 fully saturated rings. The second kappa shape index (κ2) is 6.72. The number of halogens is 1. The highest BCUT2D eigenvalue weighted by atomic mass is 19.1. The van der Waals surface area contributed by atoms with Crippen LogP contribution in [-0.2, 0) is 4.79 Å². The molecule has 0 spiro atoms. The van der Waals surface area contributed by atoms with Gasteiger partial charge in [0.1, 0.15) is 23.0 Å². The normalized spacial score (nSPS) is 19.7. The van der Waals surface area contributed by atoms with Crippen LogP contribution in [0.3, 0.4) is 0 Å². The fourth-order valence-corrected chi connectivity index (χ4v) is 3.94. The van der Waals surface area contributed by atoms with Crippen molar-refractivity contribution in [3.63, 3.8) is 0 Å². The van der Waals surface area contributed by atoms with Gasteiger partial charge in [0.2, 0.25) is 5.91 Å². The van der Waals surface area contributed by atoms with E-state index in [-0.39, 0.29) is 35.5 Å². The summed E-state index contributed by atoms with van der Waals surface area (Å²) in [6.45, 7) is 4.06. The molecule has 0 saturated heterocycles. The molecule has 4 aromatic rings. The first kappa shape index (κ1) is 17.9. The van der Waals surface area contributed by atoms with Gasteiger partial charge < -0.3 is 14.7 Å². The van der Waals surface area contributed by atoms with Gasteiger partial charge in [-0.1, -0.05) is 26.0 Å². The monoisotopic (exact) mass is 391 g/mol. The maximum absolute atomic E-state index is 13.5. The zero-order chi connectivity index (χ0) is 20.1. The van der Waals surface area contributed by atoms with Gasteiger partial charge in [0.25, 0.3) is 0 Å². The van der Waals surface area contributed by atoms with E-state index in [1.165, 1.54) is 12.1 Å². The second-order valence-electron chi connectivity index (χ2n) is 8.15. The Morgan fingerprint density at radius 1 is 1.24 bits per heavy atom. The van der Waals surface area contributed by atoms with E-state index in [1.54, 1.807) is 6.07 Å². The van der Waals surface area contributed by atoms with Gasteiger partial charge in [-0.05, 0) is 42.7 Å². The summed E-state index contributed by atoms with van der Waals surface area (Å²) in [5.41, 5.74) is 2.40. The molecule has 2 N–H and O–H groups in total. The van der Waals surface area contributed by atoms with Crippen LogP contribution >= 0.6 is 0 Å². The minimum absolute atomic E-state index is 0.000734. The summed E-state index contributed by atoms with van der Waals surface area (Å²) >= 11 is 0. The Balaban J connectivity index is 1.33. The van der Waals surface area contributed by atoms with Crippen LogP contribution < -0.4 is 5.32 Å². The predicted molar refractivity (Wildman–Crippen MR) is 109 cm³/mol. The molecule has 2 aromatic carbocycles. The first-order valence-electron chi connectivity index (χ1n) is 9.93. The number of hydrogen-bond donors (Lipinski definition) is 2. The number of carbonyl (C=O) groups excluding carboxylic acids is 1. The molecule has 29 heavy (non-hydrogen) atoms. The lowest BCUT2D eigenvalue weighted by atomic mass is 10.0. The summed E-state index contributed by atoms with van der Waals surface area (Å²) < 4.78 is 19.3. The van der Waals surface area contributed by atoms with Crippen molar-refractivity contribution in [1.82, 2.24) is 15.3 Å². The van der Waals surface area contributed by atoms with Crippen molar-refractivity contribution in [2.24, 2.45) is 11.8 Å². The van der Waals surface area contributed by atoms with Gasteiger partial charge >= 0.3 is 0 Å². The van der Waals surface area contributed by atoms with Gasteiger partial charge in [-0.3, -0.25) is 4.79 Å². The van der Waals surface area contributed by atoms with Crippen LogP contribution in [0.5, 0.6) is 0 Å². The van der Waals surface area contributed by atoms with Gasteiger partial charge in [0.15, 0.2) is 0 Å². The number of carbonyl (C=O) groups is 1. The standard InChI is InChI=1S/C23H22FN3O2/c1-12(2)21(20-9-13-7-8-14(24)10-19(13)29-20)27-23(28)16-11-15(16)22-25-17-5-3-4-6-18(17)26-22/h3-10,12,15-16,21H,11H2,1-2H3,(H,25,26)(H,27,28)/t15-,16-,21?/m0/s1. The summed E-state index contributed by atoms with van der Waals surface area (Å²) in [6.07, 6.45) is 0.780. The third-order valence-corrected chi connectivity index (χ3v) is 5.66. The number of nitrogens with one attached hydrogen (secondary N) is 2. The van der Waals surface area contributed by atoms with E-state index in [1.807, 2.05) is 44.2 Å². The molecule has 3 atom stereocenters. The molecule has 1 unspecified atom stereocenters. The van der Waals surface area contributed by atoms with Gasteiger partial charge in [-0.15, -0.1) is 0 Å². The van der Waals surface area contributed by atoms with Crippen molar-refractivity contribution < 1.29 is 13.6 Å². The molecule has 1 amide bonds. The summed E-state index contributed by atoms with van der Waals surface area (Å²) in [7, 11) is 0. The van der Waals surface area contributed by atoms with Gasteiger partial charge in [0, 0.05) is 23.3 Å². The van der Waals surface area contributed by atoms with Gasteiger partial charge in [0.05, 0.1) is 17.1 Å². The Kier molecular flexibility index (Phi) is 4.15. The van der Waals surface area contributed by atoms with Crippen LogP contribution in [0.4, 0.5) is 4.39 Å². The number of rotatable bonds is 5. The Morgan fingerprint density at radius 2 is 2.07 bits per heavy atom. The van der Waals surface area contributed by atoms with Crippen LogP contribution in [0.25, 0.3) is 22.0 Å². The first-order chi connectivity index (χ1) is 14.0. The molecule has 2 aromatic heterocycles. The number of para-hydroxylation sites is 2. The number of aromatic nitrogens is 2. The highest BCUT2D eigenvalue weighted by molar-refractivity contribution is 5.84. The van der Waals surface area contributed by atoms with E-state index < -0.39 is 0 Å². The molecule has 1 aliphatic rings. The predicted octanol–water partition coefficient (Wildman–Crippen LogP) is 5.07. The van der Waals surface area contributed by atoms with Crippen molar-refractivity contribution in [3.05, 3.63) is 65.9 Å². The van der Waals surface area contributed by atoms with Crippen molar-refractivity contribution >= 4 is 27.9 Å². The zero-order valence-electron chi connectivity index (χ0n) is 16.3. The van der Waals surface area contributed by atoms with Gasteiger partial charge in [-0.2, -0.15) is 0 Å². The molecule has 2 heterocycles. The number of H-pyrrole nitrogens is 1. The average Bonchev–Trinajstić information content (AvgIpc) is 3.21. The molecule has 0 aliphatic heterocycles. The number of imidazole rings is 1. The van der Waals surface area contributed by atoms with Crippen molar-refractivity contribution in [2.75, 3.05) is 0 Å². The third-order valence-electron chi connectivity index (χ3n) is 5.66. The molecule has 5 rings (SSSR count). The molecule has 5 nitrogen and oxygen atoms in total. The van der Waals surface area contributed by atoms with E-state index in [0.717, 1.165) is 28.7 Å². The number of hydrogen-bond acceptors (Lipinski definition) is 3. The minimum Gasteiger partial charge on any atom is -0.459 e. The largest absolute Gasteiger partial charge is 0.459 e. The Hall–Kier alpha value is -3.15. The highest BCUT2D eigenvalue weighted by Crippen LogP contribution is 2.47. The maximum atomic E-state index is 13.5. The molecule has 0 bridgehead atoms. The number of fused-ring (bicyclic) bond motifs is 2. The van der Waals surface area contributed by atoms with E-state index in [2.05, 4.69) is 15.3 Å². The highest BCUT2D eigenvalue weighted by Gasteiger charge is 2.46. The van der Waals surface area contributed by atoms with Crippen LogP contribution in [0, 0.1) is 17.7 Å². The number of aromatic amines is 1. The van der Waals surface area contributed by atoms with E-state index >= 15 is 0 Å². The number of nitrogens with zero attached hydrogens (tertiary/aromatic N) is 1. The minimum atomic E-state index is -0.338. The van der Waals surface area contributed by atoms with E-state index in [9.17, 15) is 9.18 Å². The Bertz CT molecular complexity index is 1180. The van der Waals surface area contributed by atoms with Crippen molar-refractivity contribution in [2.45, 2.75) is 32.2 Å². The molecule has 148 valence electrons. The summed E-state index contributed by atoms with van der Waals surface area (Å²) in [5, 5.41) is 3.96. The molecule has 6 heteroatoms. The van der Waals surface area contributed by atoms with E-state index in [0.29, 0.717) is 11.3 Å². The third kappa shape index (κ3) is 3.28. The lowest BCUT2D eigenvalue weighted by Gasteiger charge is -2.20. The quantitative estimate of drug-likeness (QED) is 0.499. The second-order valence-corrected chi connectivity index (χ2v) is 8.15. The lowest BCUT2D eigenvalue weighted by molar-refractivity contribution is -0.123. The van der Waals surface area contributed by atoms with Gasteiger partial charge in [-0.25, -0.2) is 9.37 Å². The molecular formula is C23H22FN3O2. The fraction of sp³-hybridized carbons (Fsp3) is 0.304. The van der Waals surface area contributed by atoms with E-state index in [4.69, 9.17) is 4.42 Å². The smallest absolute Gasteiger partial charge is 0.224 e. The van der Waals surface area contributed by atoms with Crippen LogP contribution in [0.2, 0.25) is 0 Å². The molecule has 0 radical (unpaired) electrons. The topological polar surface area (TPSA) is 70.9 Å². The maximum Gasteiger partial charge on any atom is 0.224 e. The molecular weight excluding hydrogens is 369 g/mol. The van der Waals surface area contributed by atoms with Crippen molar-refractivity contribution in [1.29, 1.82) is 0 Å². The van der Waals surface area contributed by atoms with Crippen molar-refractivity contribution in [3.8, 4) is 0 Å². The summed E-state index contributed by atoms with van der Waals surface area (Å²) in [6, 6.07) is 14.0. The van der Waals surface area contributed by atoms with Crippen LogP contribution in [0.1, 0.15) is 43.8 Å². The number of amides is 1. The fourth-order valence-electron chi connectivity index (χ4n) is 3.94. The molecule has 1 saturated carbocycles. The number of furan rings is 1. The zero-order valence-corrected chi connectivity index (χ0v) is 16.3. The first-order valence-corrected chi connectivity index (χ1v) is 9.93. The lowest BCUT2D eigenvalue weighted by Crippen LogP contribution is -2.33. The number of benzene rings is 2. The molecule has 1 aliphatic carbocycles.